The van der Waals surface area contributed by atoms with Crippen LogP contribution in [0.3, 0.4) is 0 Å². The van der Waals surface area contributed by atoms with E-state index in [1.165, 1.54) is 12.8 Å². The molecule has 0 atom stereocenters. The molecule has 72 valence electrons. The van der Waals surface area contributed by atoms with Gasteiger partial charge in [-0.1, -0.05) is 19.8 Å². The van der Waals surface area contributed by atoms with Gasteiger partial charge in [-0.05, 0) is 13.3 Å². The summed E-state index contributed by atoms with van der Waals surface area (Å²) >= 11 is 0. The third kappa shape index (κ3) is 7.73. The molecule has 0 aliphatic rings. The lowest BCUT2D eigenvalue weighted by molar-refractivity contribution is -0.120. The van der Waals surface area contributed by atoms with Crippen molar-refractivity contribution < 1.29 is 9.53 Å². The Morgan fingerprint density at radius 3 is 2.50 bits per heavy atom. The summed E-state index contributed by atoms with van der Waals surface area (Å²) in [4.78, 5) is 11.1. The van der Waals surface area contributed by atoms with Crippen molar-refractivity contribution in [2.45, 2.75) is 46.0 Å². The largest absolute Gasteiger partial charge is 0.381 e. The van der Waals surface area contributed by atoms with Gasteiger partial charge in [0, 0.05) is 19.4 Å². The lowest BCUT2D eigenvalue weighted by Crippen LogP contribution is -2.03. The van der Waals surface area contributed by atoms with Gasteiger partial charge >= 0.3 is 0 Å². The topological polar surface area (TPSA) is 26.3 Å². The van der Waals surface area contributed by atoms with Crippen molar-refractivity contribution in [1.82, 2.24) is 0 Å². The van der Waals surface area contributed by atoms with Crippen LogP contribution in [-0.4, -0.2) is 19.0 Å². The highest BCUT2D eigenvalue weighted by atomic mass is 16.5. The lowest BCUT2D eigenvalue weighted by atomic mass is 10.1. The molecule has 0 amide bonds. The second kappa shape index (κ2) is 8.72. The number of carbonyl (C=O) groups is 1. The Kier molecular flexibility index (Phi) is 8.46. The summed E-state index contributed by atoms with van der Waals surface area (Å²) in [6.45, 7) is 5.40. The molecule has 0 saturated heterocycles. The minimum absolute atomic E-state index is 0.344. The number of hydrogen-bond donors (Lipinski definition) is 0. The van der Waals surface area contributed by atoms with Crippen molar-refractivity contribution in [3.8, 4) is 0 Å². The Morgan fingerprint density at radius 1 is 1.17 bits per heavy atom. The molecule has 0 fully saturated rings. The van der Waals surface area contributed by atoms with Gasteiger partial charge in [0.2, 0.25) is 0 Å². The molecule has 0 aromatic rings. The van der Waals surface area contributed by atoms with Crippen molar-refractivity contribution in [2.75, 3.05) is 13.2 Å². The van der Waals surface area contributed by atoms with Gasteiger partial charge < -0.3 is 4.74 Å². The van der Waals surface area contributed by atoms with Gasteiger partial charge in [-0.3, -0.25) is 4.79 Å². The Bertz CT molecular complexity index is 98.4. The van der Waals surface area contributed by atoms with Gasteiger partial charge in [0.1, 0.15) is 5.78 Å². The third-order valence-electron chi connectivity index (χ3n) is 1.79. The van der Waals surface area contributed by atoms with Gasteiger partial charge in [0.05, 0.1) is 6.61 Å². The highest BCUT2D eigenvalue weighted by Gasteiger charge is 2.00. The van der Waals surface area contributed by atoms with E-state index >= 15 is 0 Å². The van der Waals surface area contributed by atoms with Crippen LogP contribution < -0.4 is 0 Å². The third-order valence-corrected chi connectivity index (χ3v) is 1.79. The van der Waals surface area contributed by atoms with Crippen molar-refractivity contribution in [1.29, 1.82) is 0 Å². The molecule has 0 bridgehead atoms. The fourth-order valence-corrected chi connectivity index (χ4v) is 1.03. The van der Waals surface area contributed by atoms with E-state index in [0.29, 0.717) is 25.4 Å². The van der Waals surface area contributed by atoms with E-state index in [0.717, 1.165) is 12.8 Å². The maximum atomic E-state index is 11.1. The first-order valence-corrected chi connectivity index (χ1v) is 4.90. The number of rotatable bonds is 8. The fourth-order valence-electron chi connectivity index (χ4n) is 1.03. The molecule has 0 aliphatic carbocycles. The number of unbranched alkanes of at least 4 members (excludes halogenated alkanes) is 2. The molecule has 0 heterocycles. The summed E-state index contributed by atoms with van der Waals surface area (Å²) in [5, 5.41) is 0. The Morgan fingerprint density at radius 2 is 1.92 bits per heavy atom. The highest BCUT2D eigenvalue weighted by Crippen LogP contribution is 2.01. The number of hydrogen-bond acceptors (Lipinski definition) is 2. The average Bonchev–Trinajstić information content (AvgIpc) is 2.06. The number of carbonyl (C=O) groups excluding carboxylic acids is 1. The molecule has 0 aromatic heterocycles. The summed E-state index contributed by atoms with van der Waals surface area (Å²) in [5.41, 5.74) is 0. The summed E-state index contributed by atoms with van der Waals surface area (Å²) in [6, 6.07) is 0. The van der Waals surface area contributed by atoms with Crippen LogP contribution in [0.1, 0.15) is 46.0 Å². The van der Waals surface area contributed by atoms with Crippen LogP contribution in [0.5, 0.6) is 0 Å². The molecule has 0 spiro atoms. The van der Waals surface area contributed by atoms with Crippen LogP contribution in [0.2, 0.25) is 0 Å². The highest BCUT2D eigenvalue weighted by molar-refractivity contribution is 5.78. The number of Topliss-reactive ketones (excluding diaryl/α,β-unsaturated/α-hetero) is 1. The zero-order valence-electron chi connectivity index (χ0n) is 8.27. The molecule has 2 heteroatoms. The zero-order valence-corrected chi connectivity index (χ0v) is 8.27. The first-order valence-electron chi connectivity index (χ1n) is 4.90. The molecular weight excluding hydrogens is 152 g/mol. The van der Waals surface area contributed by atoms with E-state index in [2.05, 4.69) is 6.92 Å². The molecule has 0 radical (unpaired) electrons. The van der Waals surface area contributed by atoms with Gasteiger partial charge in [-0.15, -0.1) is 0 Å². The van der Waals surface area contributed by atoms with Gasteiger partial charge in [-0.2, -0.15) is 0 Å². The van der Waals surface area contributed by atoms with Crippen LogP contribution in [0.15, 0.2) is 0 Å². The lowest BCUT2D eigenvalue weighted by Gasteiger charge is -2.00. The fraction of sp³-hybridized carbons (Fsp3) is 0.900. The summed E-state index contributed by atoms with van der Waals surface area (Å²) in [7, 11) is 0. The van der Waals surface area contributed by atoms with Crippen LogP contribution in [0.4, 0.5) is 0 Å². The van der Waals surface area contributed by atoms with Gasteiger partial charge in [0.15, 0.2) is 0 Å². The first-order chi connectivity index (χ1) is 5.81. The molecular formula is C10H20O2. The van der Waals surface area contributed by atoms with E-state index in [1.54, 1.807) is 0 Å². The number of ketones is 1. The van der Waals surface area contributed by atoms with E-state index in [9.17, 15) is 4.79 Å². The minimum Gasteiger partial charge on any atom is -0.381 e. The molecule has 0 saturated carbocycles. The number of ether oxygens (including phenoxy) is 1. The molecule has 0 aromatic carbocycles. The van der Waals surface area contributed by atoms with E-state index in [-0.39, 0.29) is 0 Å². The maximum absolute atomic E-state index is 11.1. The van der Waals surface area contributed by atoms with Crippen LogP contribution in [0, 0.1) is 0 Å². The average molecular weight is 172 g/mol. The van der Waals surface area contributed by atoms with E-state index in [4.69, 9.17) is 4.74 Å². The van der Waals surface area contributed by atoms with E-state index < -0.39 is 0 Å². The predicted molar refractivity (Wildman–Crippen MR) is 50.3 cm³/mol. The van der Waals surface area contributed by atoms with Crippen molar-refractivity contribution in [2.24, 2.45) is 0 Å². The Hall–Kier alpha value is -0.370. The summed E-state index contributed by atoms with van der Waals surface area (Å²) in [6.07, 6.45) is 4.72. The molecule has 0 rings (SSSR count). The van der Waals surface area contributed by atoms with E-state index in [1.807, 2.05) is 6.92 Å². The molecule has 12 heavy (non-hydrogen) atoms. The monoisotopic (exact) mass is 172 g/mol. The van der Waals surface area contributed by atoms with Crippen molar-refractivity contribution >= 4 is 5.78 Å². The van der Waals surface area contributed by atoms with Crippen molar-refractivity contribution in [3.63, 3.8) is 0 Å². The predicted octanol–water partition coefficient (Wildman–Crippen LogP) is 2.56. The standard InChI is InChI=1S/C10H20O2/c1-3-5-6-7-10(11)8-9-12-4-2/h3-9H2,1-2H3. The quantitative estimate of drug-likeness (QED) is 0.526. The summed E-state index contributed by atoms with van der Waals surface area (Å²) in [5.74, 6) is 0.344. The maximum Gasteiger partial charge on any atom is 0.135 e. The SMILES string of the molecule is CCCCCC(=O)CCOCC. The zero-order chi connectivity index (χ0) is 9.23. The van der Waals surface area contributed by atoms with Crippen LogP contribution in [-0.2, 0) is 9.53 Å². The van der Waals surface area contributed by atoms with Gasteiger partial charge in [0.25, 0.3) is 0 Å². The Labute approximate surface area is 75.3 Å². The molecule has 0 N–H and O–H groups in total. The van der Waals surface area contributed by atoms with Crippen LogP contribution in [0.25, 0.3) is 0 Å². The van der Waals surface area contributed by atoms with Crippen molar-refractivity contribution in [3.05, 3.63) is 0 Å². The second-order valence-electron chi connectivity index (χ2n) is 2.94. The normalized spacial score (nSPS) is 10.2. The first kappa shape index (κ1) is 11.6. The molecule has 0 aliphatic heterocycles. The Balaban J connectivity index is 3.10. The smallest absolute Gasteiger partial charge is 0.135 e. The van der Waals surface area contributed by atoms with Crippen LogP contribution >= 0.6 is 0 Å². The minimum atomic E-state index is 0.344. The molecule has 0 unspecified atom stereocenters. The summed E-state index contributed by atoms with van der Waals surface area (Å²) < 4.78 is 5.09. The molecule has 2 nitrogen and oxygen atoms in total. The second-order valence-corrected chi connectivity index (χ2v) is 2.94. The van der Waals surface area contributed by atoms with Gasteiger partial charge in [-0.25, -0.2) is 0 Å².